The average Bonchev–Trinajstić information content (AvgIpc) is 2.89. The number of aryl methyl sites for hydroxylation is 2. The fourth-order valence-electron chi connectivity index (χ4n) is 3.90. The maximum Gasteiger partial charge on any atom is 0.319 e. The number of pyridine rings is 1. The number of aromatic nitrogens is 1. The number of nitrogens with zero attached hydrogens (tertiary/aromatic N) is 1. The van der Waals surface area contributed by atoms with Gasteiger partial charge in [0.05, 0.1) is 33.3 Å². The summed E-state index contributed by atoms with van der Waals surface area (Å²) in [6.07, 6.45) is 1.32. The Morgan fingerprint density at radius 2 is 1.76 bits per heavy atom. The summed E-state index contributed by atoms with van der Waals surface area (Å²) in [6.45, 7) is 3.50. The third kappa shape index (κ3) is 6.40. The van der Waals surface area contributed by atoms with Gasteiger partial charge in [-0.3, -0.25) is 9.59 Å². The van der Waals surface area contributed by atoms with Gasteiger partial charge in [0.15, 0.2) is 17.2 Å². The maximum absolute atomic E-state index is 12.9. The summed E-state index contributed by atoms with van der Waals surface area (Å²) in [5.74, 6) is 0.325. The van der Waals surface area contributed by atoms with Gasteiger partial charge in [0.2, 0.25) is 0 Å². The van der Waals surface area contributed by atoms with E-state index in [9.17, 15) is 19.5 Å². The molecule has 0 bridgehead atoms. The second-order valence-corrected chi connectivity index (χ2v) is 8.31. The van der Waals surface area contributed by atoms with Gasteiger partial charge in [-0.25, -0.2) is 4.79 Å². The minimum absolute atomic E-state index is 0.144. The molecule has 2 aromatic carbocycles. The van der Waals surface area contributed by atoms with Crippen LogP contribution in [0.25, 0.3) is 11.1 Å². The van der Waals surface area contributed by atoms with E-state index in [1.165, 1.54) is 17.8 Å². The Balaban J connectivity index is 1.93. The summed E-state index contributed by atoms with van der Waals surface area (Å²) in [6, 6.07) is 11.3. The highest BCUT2D eigenvalue weighted by Crippen LogP contribution is 2.33. The molecule has 1 heterocycles. The van der Waals surface area contributed by atoms with Crippen molar-refractivity contribution in [1.82, 2.24) is 9.88 Å². The molecule has 0 fully saturated rings. The van der Waals surface area contributed by atoms with Crippen molar-refractivity contribution < 1.29 is 28.9 Å². The van der Waals surface area contributed by atoms with Crippen molar-refractivity contribution in [2.24, 2.45) is 7.05 Å². The quantitative estimate of drug-likeness (QED) is 0.373. The first-order chi connectivity index (χ1) is 17.7. The number of anilines is 1. The Labute approximate surface area is 214 Å². The van der Waals surface area contributed by atoms with Crippen molar-refractivity contribution in [2.45, 2.75) is 26.3 Å². The van der Waals surface area contributed by atoms with Crippen LogP contribution in [0.5, 0.6) is 17.2 Å². The van der Waals surface area contributed by atoms with E-state index < -0.39 is 23.6 Å². The standard InChI is InChI=1S/C27H31N3O7/c1-6-37-23(31)14-20(28-27(34)29-24-25(32)16(2)15-30(3)26(24)33)19-9-7-8-17(12-19)18-10-11-21(35-4)22(13-18)36-5/h7-13,15,20,32H,6,14H2,1-5H3,(H2,28,29,34)/t20-/m0/s1. The van der Waals surface area contributed by atoms with Crippen LogP contribution >= 0.6 is 0 Å². The first-order valence-corrected chi connectivity index (χ1v) is 11.6. The van der Waals surface area contributed by atoms with Crippen LogP contribution in [0.15, 0.2) is 53.5 Å². The molecule has 3 aromatic rings. The molecule has 3 N–H and O–H groups in total. The number of hydrogen-bond acceptors (Lipinski definition) is 7. The van der Waals surface area contributed by atoms with Crippen molar-refractivity contribution in [3.63, 3.8) is 0 Å². The molecule has 196 valence electrons. The number of hydrogen-bond donors (Lipinski definition) is 3. The predicted molar refractivity (Wildman–Crippen MR) is 139 cm³/mol. The van der Waals surface area contributed by atoms with E-state index in [-0.39, 0.29) is 24.5 Å². The monoisotopic (exact) mass is 509 g/mol. The Kier molecular flexibility index (Phi) is 8.78. The molecular formula is C27H31N3O7. The summed E-state index contributed by atoms with van der Waals surface area (Å²) >= 11 is 0. The van der Waals surface area contributed by atoms with Gasteiger partial charge in [0, 0.05) is 18.8 Å². The average molecular weight is 510 g/mol. The number of aromatic hydroxyl groups is 1. The van der Waals surface area contributed by atoms with Crippen molar-refractivity contribution in [3.05, 3.63) is 70.1 Å². The zero-order valence-corrected chi connectivity index (χ0v) is 21.5. The van der Waals surface area contributed by atoms with Crippen LogP contribution in [0.3, 0.4) is 0 Å². The fraction of sp³-hybridized carbons (Fsp3) is 0.296. The Morgan fingerprint density at radius 1 is 1.05 bits per heavy atom. The lowest BCUT2D eigenvalue weighted by Gasteiger charge is -2.20. The minimum Gasteiger partial charge on any atom is -0.505 e. The summed E-state index contributed by atoms with van der Waals surface area (Å²) in [5, 5.41) is 15.5. The lowest BCUT2D eigenvalue weighted by atomic mass is 9.97. The van der Waals surface area contributed by atoms with Gasteiger partial charge < -0.3 is 34.5 Å². The summed E-state index contributed by atoms with van der Waals surface area (Å²) in [4.78, 5) is 37.7. The van der Waals surface area contributed by atoms with Gasteiger partial charge in [-0.2, -0.15) is 0 Å². The number of ether oxygens (including phenoxy) is 3. The molecule has 1 atom stereocenters. The maximum atomic E-state index is 12.9. The van der Waals surface area contributed by atoms with Crippen LogP contribution in [-0.2, 0) is 16.6 Å². The van der Waals surface area contributed by atoms with Crippen LogP contribution in [0.1, 0.15) is 30.5 Å². The summed E-state index contributed by atoms with van der Waals surface area (Å²) < 4.78 is 17.1. The molecule has 0 saturated carbocycles. The van der Waals surface area contributed by atoms with Gasteiger partial charge in [-0.15, -0.1) is 0 Å². The molecule has 1 aromatic heterocycles. The van der Waals surface area contributed by atoms with Gasteiger partial charge >= 0.3 is 12.0 Å². The summed E-state index contributed by atoms with van der Waals surface area (Å²) in [7, 11) is 4.62. The molecule has 10 heteroatoms. The van der Waals surface area contributed by atoms with Crippen molar-refractivity contribution in [2.75, 3.05) is 26.1 Å². The van der Waals surface area contributed by atoms with Crippen molar-refractivity contribution in [3.8, 4) is 28.4 Å². The smallest absolute Gasteiger partial charge is 0.319 e. The molecule has 3 rings (SSSR count). The third-order valence-electron chi connectivity index (χ3n) is 5.76. The molecule has 0 aliphatic rings. The minimum atomic E-state index is -0.782. The van der Waals surface area contributed by atoms with E-state index >= 15 is 0 Å². The zero-order chi connectivity index (χ0) is 27.1. The van der Waals surface area contributed by atoms with Crippen LogP contribution in [0, 0.1) is 6.92 Å². The number of carbonyl (C=O) groups is 2. The molecule has 0 unspecified atom stereocenters. The van der Waals surface area contributed by atoms with Gasteiger partial charge in [-0.1, -0.05) is 24.3 Å². The number of carbonyl (C=O) groups excluding carboxylic acids is 2. The van der Waals surface area contributed by atoms with Crippen LogP contribution in [-0.4, -0.2) is 42.5 Å². The SMILES string of the molecule is CCOC(=O)C[C@H](NC(=O)Nc1c(O)c(C)cn(C)c1=O)c1cccc(-c2ccc(OC)c(OC)c2)c1. The Hall–Kier alpha value is -4.47. The number of esters is 1. The Bertz CT molecular complexity index is 1350. The largest absolute Gasteiger partial charge is 0.505 e. The number of nitrogens with one attached hydrogen (secondary N) is 2. The third-order valence-corrected chi connectivity index (χ3v) is 5.76. The number of urea groups is 1. The highest BCUT2D eigenvalue weighted by Gasteiger charge is 2.22. The number of benzene rings is 2. The normalized spacial score (nSPS) is 11.4. The second kappa shape index (κ2) is 12.0. The van der Waals surface area contributed by atoms with E-state index in [1.807, 2.05) is 24.3 Å². The topological polar surface area (TPSA) is 128 Å². The Morgan fingerprint density at radius 3 is 2.43 bits per heavy atom. The first kappa shape index (κ1) is 27.1. The van der Waals surface area contributed by atoms with E-state index in [4.69, 9.17) is 14.2 Å². The molecule has 2 amide bonds. The van der Waals surface area contributed by atoms with E-state index in [2.05, 4.69) is 10.6 Å². The van der Waals surface area contributed by atoms with Crippen LogP contribution in [0.4, 0.5) is 10.5 Å². The first-order valence-electron chi connectivity index (χ1n) is 11.6. The van der Waals surface area contributed by atoms with E-state index in [1.54, 1.807) is 46.3 Å². The van der Waals surface area contributed by atoms with Crippen LogP contribution in [0.2, 0.25) is 0 Å². The molecule has 37 heavy (non-hydrogen) atoms. The molecule has 0 aliphatic carbocycles. The highest BCUT2D eigenvalue weighted by molar-refractivity contribution is 5.91. The van der Waals surface area contributed by atoms with Gasteiger partial charge in [0.25, 0.3) is 5.56 Å². The molecule has 0 spiro atoms. The second-order valence-electron chi connectivity index (χ2n) is 8.31. The van der Waals surface area contributed by atoms with E-state index in [0.717, 1.165) is 11.1 Å². The number of methoxy groups -OCH3 is 2. The van der Waals surface area contributed by atoms with Gasteiger partial charge in [0.1, 0.15) is 5.75 Å². The summed E-state index contributed by atoms with van der Waals surface area (Å²) in [5.41, 5.74) is 1.89. The molecule has 0 radical (unpaired) electrons. The molecule has 10 nitrogen and oxygen atoms in total. The van der Waals surface area contributed by atoms with Crippen molar-refractivity contribution >= 4 is 17.7 Å². The van der Waals surface area contributed by atoms with Crippen molar-refractivity contribution in [1.29, 1.82) is 0 Å². The lowest BCUT2D eigenvalue weighted by molar-refractivity contribution is -0.143. The van der Waals surface area contributed by atoms with Crippen LogP contribution < -0.4 is 25.7 Å². The molecular weight excluding hydrogens is 478 g/mol. The molecule has 0 saturated heterocycles. The molecule has 0 aliphatic heterocycles. The number of amides is 2. The lowest BCUT2D eigenvalue weighted by Crippen LogP contribution is -2.36. The highest BCUT2D eigenvalue weighted by atomic mass is 16.5. The zero-order valence-electron chi connectivity index (χ0n) is 21.5. The fourth-order valence-corrected chi connectivity index (χ4v) is 3.90. The van der Waals surface area contributed by atoms with Gasteiger partial charge in [-0.05, 0) is 48.7 Å². The predicted octanol–water partition coefficient (Wildman–Crippen LogP) is 3.90. The number of rotatable bonds is 9. The van der Waals surface area contributed by atoms with E-state index in [0.29, 0.717) is 22.6 Å².